The fraction of sp³-hybridized carbons (Fsp3) is 0.318. The molecular weight excluding hydrogens is 350 g/mol. The second-order valence-corrected chi connectivity index (χ2v) is 7.03. The third-order valence-electron chi connectivity index (χ3n) is 4.60. The van der Waals surface area contributed by atoms with Gasteiger partial charge in [0.2, 0.25) is 0 Å². The number of benzene rings is 1. The normalized spacial score (nSPS) is 10.7. The molecule has 0 fully saturated rings. The zero-order valence-corrected chi connectivity index (χ0v) is 16.9. The summed E-state index contributed by atoms with van der Waals surface area (Å²) in [6.07, 6.45) is 1.78. The van der Waals surface area contributed by atoms with Crippen LogP contribution < -0.4 is 5.32 Å². The highest BCUT2D eigenvalue weighted by molar-refractivity contribution is 5.74. The maximum Gasteiger partial charge on any atom is 0.317 e. The molecule has 6 nitrogen and oxygen atoms in total. The summed E-state index contributed by atoms with van der Waals surface area (Å²) in [6, 6.07) is 14.1. The van der Waals surface area contributed by atoms with Gasteiger partial charge in [0.25, 0.3) is 0 Å². The van der Waals surface area contributed by atoms with Crippen molar-refractivity contribution in [1.82, 2.24) is 25.0 Å². The molecule has 6 heteroatoms. The summed E-state index contributed by atoms with van der Waals surface area (Å²) in [5.41, 5.74) is 5.28. The third kappa shape index (κ3) is 4.76. The van der Waals surface area contributed by atoms with Crippen LogP contribution in [0.4, 0.5) is 4.79 Å². The molecule has 2 amide bonds. The molecule has 0 saturated heterocycles. The lowest BCUT2D eigenvalue weighted by Crippen LogP contribution is -2.39. The van der Waals surface area contributed by atoms with E-state index < -0.39 is 0 Å². The fourth-order valence-corrected chi connectivity index (χ4v) is 3.15. The highest BCUT2D eigenvalue weighted by atomic mass is 16.2. The first-order valence-corrected chi connectivity index (χ1v) is 9.53. The molecule has 2 aromatic heterocycles. The number of urea groups is 1. The van der Waals surface area contributed by atoms with E-state index in [1.807, 2.05) is 55.8 Å². The van der Waals surface area contributed by atoms with E-state index in [9.17, 15) is 4.79 Å². The number of nitrogens with one attached hydrogen (secondary N) is 1. The van der Waals surface area contributed by atoms with E-state index in [0.29, 0.717) is 19.6 Å². The summed E-state index contributed by atoms with van der Waals surface area (Å²) in [5.74, 6) is 0.773. The maximum atomic E-state index is 12.6. The summed E-state index contributed by atoms with van der Waals surface area (Å²) < 4.78 is 1.82. The minimum atomic E-state index is -0.0772. The Hall–Kier alpha value is -3.15. The predicted molar refractivity (Wildman–Crippen MR) is 110 cm³/mol. The number of carbonyl (C=O) groups excluding carboxylic acids is 1. The highest BCUT2D eigenvalue weighted by Crippen LogP contribution is 2.11. The summed E-state index contributed by atoms with van der Waals surface area (Å²) in [5, 5.41) is 7.43. The van der Waals surface area contributed by atoms with Gasteiger partial charge in [0.05, 0.1) is 5.69 Å². The van der Waals surface area contributed by atoms with Gasteiger partial charge in [-0.1, -0.05) is 35.9 Å². The van der Waals surface area contributed by atoms with E-state index in [-0.39, 0.29) is 6.03 Å². The Balaban J connectivity index is 1.59. The highest BCUT2D eigenvalue weighted by Gasteiger charge is 2.12. The summed E-state index contributed by atoms with van der Waals surface area (Å²) in [7, 11) is 0. The van der Waals surface area contributed by atoms with Crippen LogP contribution in [-0.2, 0) is 13.1 Å². The predicted octanol–water partition coefficient (Wildman–Crippen LogP) is 3.92. The summed E-state index contributed by atoms with van der Waals surface area (Å²) >= 11 is 0. The van der Waals surface area contributed by atoms with E-state index in [0.717, 1.165) is 28.3 Å². The molecule has 0 saturated carbocycles. The molecular formula is C22H27N5O. The standard InChI is InChI=1S/C22H27N5O/c1-5-26(15-19-8-6-7-16(2)11-19)22(28)24-14-20-9-10-21(23-13-20)27-18(4)12-17(3)25-27/h6-13H,5,14-15H2,1-4H3,(H,24,28). The van der Waals surface area contributed by atoms with Gasteiger partial charge >= 0.3 is 6.03 Å². The van der Waals surface area contributed by atoms with Crippen molar-refractivity contribution in [3.63, 3.8) is 0 Å². The van der Waals surface area contributed by atoms with Gasteiger partial charge in [0.1, 0.15) is 0 Å². The average molecular weight is 377 g/mol. The van der Waals surface area contributed by atoms with Crippen LogP contribution in [0.25, 0.3) is 5.82 Å². The Morgan fingerprint density at radius 1 is 1.11 bits per heavy atom. The van der Waals surface area contributed by atoms with Gasteiger partial charge in [-0.25, -0.2) is 14.5 Å². The van der Waals surface area contributed by atoms with E-state index in [4.69, 9.17) is 0 Å². The van der Waals surface area contributed by atoms with Crippen LogP contribution in [0.2, 0.25) is 0 Å². The van der Waals surface area contributed by atoms with E-state index in [2.05, 4.69) is 34.5 Å². The van der Waals surface area contributed by atoms with Crippen molar-refractivity contribution < 1.29 is 4.79 Å². The third-order valence-corrected chi connectivity index (χ3v) is 4.60. The quantitative estimate of drug-likeness (QED) is 0.708. The first-order valence-electron chi connectivity index (χ1n) is 9.53. The number of amides is 2. The number of aromatic nitrogens is 3. The van der Waals surface area contributed by atoms with Crippen LogP contribution >= 0.6 is 0 Å². The van der Waals surface area contributed by atoms with Crippen molar-refractivity contribution in [3.05, 3.63) is 76.7 Å². The smallest absolute Gasteiger partial charge is 0.317 e. The summed E-state index contributed by atoms with van der Waals surface area (Å²) in [6.45, 7) is 9.69. The zero-order chi connectivity index (χ0) is 20.1. The minimum Gasteiger partial charge on any atom is -0.334 e. The minimum absolute atomic E-state index is 0.0772. The molecule has 0 radical (unpaired) electrons. The Morgan fingerprint density at radius 3 is 2.54 bits per heavy atom. The van der Waals surface area contributed by atoms with Crippen molar-refractivity contribution in [2.75, 3.05) is 6.54 Å². The Morgan fingerprint density at radius 2 is 1.93 bits per heavy atom. The van der Waals surface area contributed by atoms with Crippen LogP contribution in [0, 0.1) is 20.8 Å². The lowest BCUT2D eigenvalue weighted by molar-refractivity contribution is 0.197. The largest absolute Gasteiger partial charge is 0.334 e. The van der Waals surface area contributed by atoms with Crippen LogP contribution in [0.3, 0.4) is 0 Å². The van der Waals surface area contributed by atoms with Crippen LogP contribution in [0.1, 0.15) is 35.0 Å². The number of aryl methyl sites for hydroxylation is 3. The molecule has 0 spiro atoms. The van der Waals surface area contributed by atoms with E-state index in [1.54, 1.807) is 11.1 Å². The van der Waals surface area contributed by atoms with Gasteiger partial charge in [0.15, 0.2) is 5.82 Å². The van der Waals surface area contributed by atoms with Crippen molar-refractivity contribution in [2.45, 2.75) is 40.8 Å². The van der Waals surface area contributed by atoms with Gasteiger partial charge in [-0.2, -0.15) is 5.10 Å². The van der Waals surface area contributed by atoms with Crippen LogP contribution in [0.15, 0.2) is 48.7 Å². The molecule has 2 heterocycles. The number of hydrogen-bond donors (Lipinski definition) is 1. The van der Waals surface area contributed by atoms with Gasteiger partial charge < -0.3 is 10.2 Å². The van der Waals surface area contributed by atoms with Gasteiger partial charge in [-0.05, 0) is 51.0 Å². The average Bonchev–Trinajstić information content (AvgIpc) is 3.02. The number of rotatable bonds is 6. The molecule has 0 aliphatic rings. The molecule has 28 heavy (non-hydrogen) atoms. The molecule has 3 aromatic rings. The fourth-order valence-electron chi connectivity index (χ4n) is 3.15. The molecule has 0 aliphatic heterocycles. The maximum absolute atomic E-state index is 12.6. The lowest BCUT2D eigenvalue weighted by atomic mass is 10.1. The lowest BCUT2D eigenvalue weighted by Gasteiger charge is -2.21. The van der Waals surface area contributed by atoms with E-state index in [1.165, 1.54) is 5.56 Å². The van der Waals surface area contributed by atoms with Crippen molar-refractivity contribution in [2.24, 2.45) is 0 Å². The van der Waals surface area contributed by atoms with E-state index >= 15 is 0 Å². The first kappa shape index (κ1) is 19.6. The molecule has 0 aliphatic carbocycles. The summed E-state index contributed by atoms with van der Waals surface area (Å²) in [4.78, 5) is 18.8. The number of nitrogens with zero attached hydrogens (tertiary/aromatic N) is 4. The number of hydrogen-bond acceptors (Lipinski definition) is 3. The van der Waals surface area contributed by atoms with Gasteiger partial charge in [0, 0.05) is 31.5 Å². The van der Waals surface area contributed by atoms with Crippen molar-refractivity contribution in [3.8, 4) is 5.82 Å². The van der Waals surface area contributed by atoms with Crippen LogP contribution in [-0.4, -0.2) is 32.2 Å². The Labute approximate surface area is 166 Å². The Kier molecular flexibility index (Phi) is 6.09. The second kappa shape index (κ2) is 8.69. The second-order valence-electron chi connectivity index (χ2n) is 7.03. The van der Waals surface area contributed by atoms with Crippen molar-refractivity contribution in [1.29, 1.82) is 0 Å². The molecule has 0 unspecified atom stereocenters. The molecule has 3 rings (SSSR count). The van der Waals surface area contributed by atoms with Crippen LogP contribution in [0.5, 0.6) is 0 Å². The molecule has 146 valence electrons. The van der Waals surface area contributed by atoms with Gasteiger partial charge in [-0.3, -0.25) is 0 Å². The zero-order valence-electron chi connectivity index (χ0n) is 16.9. The monoisotopic (exact) mass is 377 g/mol. The number of carbonyl (C=O) groups is 1. The van der Waals surface area contributed by atoms with Crippen molar-refractivity contribution >= 4 is 6.03 Å². The molecule has 0 bridgehead atoms. The van der Waals surface area contributed by atoms with Gasteiger partial charge in [-0.15, -0.1) is 0 Å². The number of pyridine rings is 1. The molecule has 1 N–H and O–H groups in total. The molecule has 0 atom stereocenters. The Bertz CT molecular complexity index is 946. The topological polar surface area (TPSA) is 63.1 Å². The first-order chi connectivity index (χ1) is 13.5. The molecule has 1 aromatic carbocycles. The SMILES string of the molecule is CCN(Cc1cccc(C)c1)C(=O)NCc1ccc(-n2nc(C)cc2C)nc1.